The monoisotopic (exact) mass is 282 g/mol. The molecule has 0 aliphatic heterocycles. The van der Waals surface area contributed by atoms with Crippen LogP contribution in [-0.4, -0.2) is 24.4 Å². The van der Waals surface area contributed by atoms with Crippen LogP contribution in [0.3, 0.4) is 0 Å². The fourth-order valence-corrected chi connectivity index (χ4v) is 2.37. The second-order valence-corrected chi connectivity index (χ2v) is 6.27. The first-order valence-corrected chi connectivity index (χ1v) is 7.39. The topological polar surface area (TPSA) is 74.5 Å². The van der Waals surface area contributed by atoms with E-state index in [-0.39, 0.29) is 12.1 Å². The summed E-state index contributed by atoms with van der Waals surface area (Å²) in [5.74, 6) is 0.608. The Hall–Kier alpha value is -1.49. The van der Waals surface area contributed by atoms with Crippen LogP contribution in [0, 0.1) is 6.92 Å². The highest BCUT2D eigenvalue weighted by molar-refractivity contribution is 7.52. The molecule has 1 aromatic heterocycles. The molecule has 0 atom stereocenters. The summed E-state index contributed by atoms with van der Waals surface area (Å²) in [7, 11) is -0.543. The molecule has 102 valence electrons. The van der Waals surface area contributed by atoms with Crippen LogP contribution >= 0.6 is 7.60 Å². The van der Waals surface area contributed by atoms with E-state index in [1.807, 2.05) is 31.2 Å². The number of benzene rings is 1. The van der Waals surface area contributed by atoms with Gasteiger partial charge < -0.3 is 13.5 Å². The largest absolute Gasteiger partial charge is 0.420 e. The molecule has 0 saturated heterocycles. The maximum absolute atomic E-state index is 11.9. The van der Waals surface area contributed by atoms with Gasteiger partial charge in [0.05, 0.1) is 0 Å². The maximum atomic E-state index is 11.9. The lowest BCUT2D eigenvalue weighted by Crippen LogP contribution is -1.93. The molecule has 0 N–H and O–H groups in total. The maximum Gasteiger partial charge on any atom is 0.339 e. The molecule has 2 aromatic rings. The molecule has 0 bridgehead atoms. The Labute approximate surface area is 111 Å². The fourth-order valence-electron chi connectivity index (χ4n) is 1.50. The molecule has 0 amide bonds. The molecule has 0 fully saturated rings. The predicted octanol–water partition coefficient (Wildman–Crippen LogP) is 3.03. The summed E-state index contributed by atoms with van der Waals surface area (Å²) in [6.45, 7) is 2.00. The molecule has 1 aromatic carbocycles. The van der Waals surface area contributed by atoms with Gasteiger partial charge in [0.25, 0.3) is 0 Å². The zero-order valence-electron chi connectivity index (χ0n) is 11.0. The lowest BCUT2D eigenvalue weighted by molar-refractivity contribution is 0.271. The van der Waals surface area contributed by atoms with Gasteiger partial charge in [-0.2, -0.15) is 0 Å². The average molecular weight is 282 g/mol. The molecule has 7 heteroatoms. The molecule has 1 heterocycles. The van der Waals surface area contributed by atoms with E-state index in [1.165, 1.54) is 14.2 Å². The van der Waals surface area contributed by atoms with Gasteiger partial charge in [-0.1, -0.05) is 17.7 Å². The van der Waals surface area contributed by atoms with Crippen molar-refractivity contribution in [1.29, 1.82) is 0 Å². The van der Waals surface area contributed by atoms with E-state index in [9.17, 15) is 4.57 Å². The van der Waals surface area contributed by atoms with E-state index < -0.39 is 7.60 Å². The lowest BCUT2D eigenvalue weighted by Gasteiger charge is -2.10. The van der Waals surface area contributed by atoms with E-state index in [0.29, 0.717) is 5.89 Å². The molecular weight excluding hydrogens is 267 g/mol. The number of nitrogens with zero attached hydrogens (tertiary/aromatic N) is 2. The van der Waals surface area contributed by atoms with Crippen LogP contribution in [0.4, 0.5) is 0 Å². The number of hydrogen-bond acceptors (Lipinski definition) is 6. The van der Waals surface area contributed by atoms with Crippen molar-refractivity contribution in [1.82, 2.24) is 10.2 Å². The Bertz CT molecular complexity index is 586. The van der Waals surface area contributed by atoms with Crippen LogP contribution in [0.1, 0.15) is 11.5 Å². The normalized spacial score (nSPS) is 11.7. The van der Waals surface area contributed by atoms with Crippen LogP contribution in [-0.2, 0) is 19.8 Å². The first kappa shape index (κ1) is 13.9. The molecule has 0 aliphatic rings. The van der Waals surface area contributed by atoms with Crippen LogP contribution in [0.5, 0.6) is 0 Å². The highest BCUT2D eigenvalue weighted by Crippen LogP contribution is 2.49. The van der Waals surface area contributed by atoms with Gasteiger partial charge in [-0.05, 0) is 19.1 Å². The summed E-state index contributed by atoms with van der Waals surface area (Å²) in [5.41, 5.74) is 1.96. The Morgan fingerprint density at radius 2 is 1.79 bits per heavy atom. The van der Waals surface area contributed by atoms with Crippen molar-refractivity contribution in [3.8, 4) is 11.5 Å². The van der Waals surface area contributed by atoms with Crippen LogP contribution in [0.25, 0.3) is 11.5 Å². The molecule has 0 spiro atoms. The minimum absolute atomic E-state index is 0.0428. The Balaban J connectivity index is 2.20. The van der Waals surface area contributed by atoms with Crippen molar-refractivity contribution < 1.29 is 18.0 Å². The van der Waals surface area contributed by atoms with Gasteiger partial charge in [0.1, 0.15) is 6.16 Å². The van der Waals surface area contributed by atoms with Crippen LogP contribution < -0.4 is 0 Å². The fraction of sp³-hybridized carbons (Fsp3) is 0.333. The second-order valence-electron chi connectivity index (χ2n) is 4.00. The summed E-state index contributed by atoms with van der Waals surface area (Å²) in [4.78, 5) is 0. The number of aromatic nitrogens is 2. The van der Waals surface area contributed by atoms with Crippen LogP contribution in [0.2, 0.25) is 0 Å². The van der Waals surface area contributed by atoms with Crippen molar-refractivity contribution in [2.24, 2.45) is 0 Å². The molecule has 0 saturated carbocycles. The summed E-state index contributed by atoms with van der Waals surface area (Å²) in [5, 5.41) is 7.77. The minimum atomic E-state index is -3.19. The van der Waals surface area contributed by atoms with E-state index in [2.05, 4.69) is 10.2 Å². The standard InChI is InChI=1S/C12H15N2O4P/c1-9-4-6-10(7-5-9)12-14-13-11(18-12)8-19(15,16-2)17-3/h4-7H,8H2,1-3H3. The smallest absolute Gasteiger partial charge is 0.339 e. The van der Waals surface area contributed by atoms with Crippen molar-refractivity contribution in [2.75, 3.05) is 14.2 Å². The molecule has 19 heavy (non-hydrogen) atoms. The van der Waals surface area contributed by atoms with Gasteiger partial charge in [0.15, 0.2) is 0 Å². The summed E-state index contributed by atoms with van der Waals surface area (Å²) in [6, 6.07) is 7.68. The zero-order valence-corrected chi connectivity index (χ0v) is 11.9. The molecule has 0 unspecified atom stereocenters. The Morgan fingerprint density at radius 1 is 1.16 bits per heavy atom. The summed E-state index contributed by atoms with van der Waals surface area (Å²) >= 11 is 0. The van der Waals surface area contributed by atoms with Gasteiger partial charge in [0, 0.05) is 19.8 Å². The first-order valence-electron chi connectivity index (χ1n) is 5.66. The molecule has 0 aliphatic carbocycles. The summed E-state index contributed by atoms with van der Waals surface area (Å²) < 4.78 is 27.0. The van der Waals surface area contributed by atoms with Crippen molar-refractivity contribution in [2.45, 2.75) is 13.1 Å². The molecular formula is C12H15N2O4P. The molecule has 0 radical (unpaired) electrons. The van der Waals surface area contributed by atoms with E-state index in [1.54, 1.807) is 0 Å². The minimum Gasteiger partial charge on any atom is -0.420 e. The molecule has 2 rings (SSSR count). The van der Waals surface area contributed by atoms with E-state index in [0.717, 1.165) is 11.1 Å². The molecule has 6 nitrogen and oxygen atoms in total. The van der Waals surface area contributed by atoms with Gasteiger partial charge in [-0.3, -0.25) is 4.57 Å². The van der Waals surface area contributed by atoms with E-state index in [4.69, 9.17) is 13.5 Å². The quantitative estimate of drug-likeness (QED) is 0.785. The van der Waals surface area contributed by atoms with Gasteiger partial charge in [0.2, 0.25) is 11.8 Å². The van der Waals surface area contributed by atoms with Gasteiger partial charge >= 0.3 is 7.60 Å². The predicted molar refractivity (Wildman–Crippen MR) is 69.8 cm³/mol. The average Bonchev–Trinajstić information content (AvgIpc) is 2.87. The number of rotatable bonds is 5. The highest BCUT2D eigenvalue weighted by atomic mass is 31.2. The van der Waals surface area contributed by atoms with E-state index >= 15 is 0 Å². The third-order valence-corrected chi connectivity index (χ3v) is 4.42. The van der Waals surface area contributed by atoms with Crippen molar-refractivity contribution in [3.05, 3.63) is 35.7 Å². The Kier molecular flexibility index (Phi) is 4.14. The van der Waals surface area contributed by atoms with Crippen molar-refractivity contribution in [3.63, 3.8) is 0 Å². The summed E-state index contributed by atoms with van der Waals surface area (Å²) in [6.07, 6.45) is -0.0428. The number of hydrogen-bond donors (Lipinski definition) is 0. The first-order chi connectivity index (χ1) is 9.06. The lowest BCUT2D eigenvalue weighted by atomic mass is 10.1. The SMILES string of the molecule is COP(=O)(Cc1nnc(-c2ccc(C)cc2)o1)OC. The van der Waals surface area contributed by atoms with Gasteiger partial charge in [-0.15, -0.1) is 10.2 Å². The van der Waals surface area contributed by atoms with Gasteiger partial charge in [-0.25, -0.2) is 0 Å². The third kappa shape index (κ3) is 3.29. The third-order valence-electron chi connectivity index (χ3n) is 2.65. The van der Waals surface area contributed by atoms with Crippen LogP contribution in [0.15, 0.2) is 28.7 Å². The number of aryl methyl sites for hydroxylation is 1. The Morgan fingerprint density at radius 3 is 2.37 bits per heavy atom. The zero-order chi connectivity index (χ0) is 13.9. The second kappa shape index (κ2) is 5.65. The van der Waals surface area contributed by atoms with Crippen molar-refractivity contribution >= 4 is 7.60 Å². The highest BCUT2D eigenvalue weighted by Gasteiger charge is 2.25.